The van der Waals surface area contributed by atoms with Gasteiger partial charge in [0.25, 0.3) is 0 Å². The van der Waals surface area contributed by atoms with Crippen LogP contribution in [0.2, 0.25) is 0 Å². The smallest absolute Gasteiger partial charge is 0.235 e. The highest BCUT2D eigenvalue weighted by Gasteiger charge is 2.28. The Bertz CT molecular complexity index is 197. The number of rotatable bonds is 3. The zero-order valence-electron chi connectivity index (χ0n) is 9.18. The van der Waals surface area contributed by atoms with Crippen molar-refractivity contribution in [2.45, 2.75) is 63.2 Å². The van der Waals surface area contributed by atoms with Gasteiger partial charge in [0, 0.05) is 6.04 Å². The highest BCUT2D eigenvalue weighted by molar-refractivity contribution is 7.82. The van der Waals surface area contributed by atoms with Crippen LogP contribution in [0.15, 0.2) is 0 Å². The molecular formula is C11H21NOS. The Kier molecular flexibility index (Phi) is 4.30. The number of thiol groups is 1. The van der Waals surface area contributed by atoms with Crippen LogP contribution in [-0.2, 0) is 4.79 Å². The summed E-state index contributed by atoms with van der Waals surface area (Å²) in [6.07, 6.45) is 6.87. The van der Waals surface area contributed by atoms with Crippen molar-refractivity contribution in [2.24, 2.45) is 0 Å². The molecule has 82 valence electrons. The van der Waals surface area contributed by atoms with Crippen LogP contribution in [0.1, 0.15) is 52.4 Å². The molecule has 1 N–H and O–H groups in total. The topological polar surface area (TPSA) is 29.1 Å². The van der Waals surface area contributed by atoms with Gasteiger partial charge in [0.05, 0.1) is 4.75 Å². The van der Waals surface area contributed by atoms with Gasteiger partial charge in [-0.3, -0.25) is 4.79 Å². The van der Waals surface area contributed by atoms with Gasteiger partial charge in [-0.1, -0.05) is 26.2 Å². The summed E-state index contributed by atoms with van der Waals surface area (Å²) in [6, 6.07) is 0.397. The van der Waals surface area contributed by atoms with E-state index < -0.39 is 4.75 Å². The number of amides is 1. The normalized spacial score (nSPS) is 22.8. The molecule has 0 aromatic rings. The monoisotopic (exact) mass is 215 g/mol. The lowest BCUT2D eigenvalue weighted by Gasteiger charge is -2.27. The van der Waals surface area contributed by atoms with E-state index in [1.165, 1.54) is 19.3 Å². The zero-order valence-corrected chi connectivity index (χ0v) is 10.1. The van der Waals surface area contributed by atoms with E-state index >= 15 is 0 Å². The molecular weight excluding hydrogens is 194 g/mol. The second kappa shape index (κ2) is 5.06. The Labute approximate surface area is 92.2 Å². The second-order valence-corrected chi connectivity index (χ2v) is 5.42. The third kappa shape index (κ3) is 3.19. The number of hydrogen-bond acceptors (Lipinski definition) is 2. The Balaban J connectivity index is 2.39. The number of carbonyl (C=O) groups excluding carboxylic acids is 1. The van der Waals surface area contributed by atoms with Gasteiger partial charge in [0.1, 0.15) is 0 Å². The highest BCUT2D eigenvalue weighted by Crippen LogP contribution is 2.21. The summed E-state index contributed by atoms with van der Waals surface area (Å²) in [7, 11) is 0. The first-order valence-electron chi connectivity index (χ1n) is 5.59. The average Bonchev–Trinajstić information content (AvgIpc) is 2.19. The van der Waals surface area contributed by atoms with Crippen LogP contribution in [0.3, 0.4) is 0 Å². The van der Waals surface area contributed by atoms with Crippen molar-refractivity contribution in [1.29, 1.82) is 0 Å². The maximum absolute atomic E-state index is 11.8. The Morgan fingerprint density at radius 2 is 2.00 bits per heavy atom. The minimum atomic E-state index is -0.503. The molecule has 0 radical (unpaired) electrons. The van der Waals surface area contributed by atoms with Gasteiger partial charge >= 0.3 is 0 Å². The van der Waals surface area contributed by atoms with Crippen LogP contribution < -0.4 is 5.32 Å². The van der Waals surface area contributed by atoms with Gasteiger partial charge in [-0.25, -0.2) is 0 Å². The van der Waals surface area contributed by atoms with Crippen LogP contribution in [-0.4, -0.2) is 16.7 Å². The van der Waals surface area contributed by atoms with E-state index in [0.717, 1.165) is 19.3 Å². The van der Waals surface area contributed by atoms with Crippen molar-refractivity contribution in [3.8, 4) is 0 Å². The average molecular weight is 215 g/mol. The lowest BCUT2D eigenvalue weighted by atomic mass is 9.94. The lowest BCUT2D eigenvalue weighted by molar-refractivity contribution is -0.124. The molecule has 0 aliphatic heterocycles. The summed E-state index contributed by atoms with van der Waals surface area (Å²) in [6.45, 7) is 3.88. The zero-order chi connectivity index (χ0) is 10.6. The van der Waals surface area contributed by atoms with E-state index in [9.17, 15) is 4.79 Å². The molecule has 0 bridgehead atoms. The fourth-order valence-electron chi connectivity index (χ4n) is 1.75. The molecule has 0 spiro atoms. The quantitative estimate of drug-likeness (QED) is 0.696. The minimum Gasteiger partial charge on any atom is -0.352 e. The summed E-state index contributed by atoms with van der Waals surface area (Å²) >= 11 is 4.37. The van der Waals surface area contributed by atoms with E-state index in [4.69, 9.17) is 0 Å². The van der Waals surface area contributed by atoms with Crippen molar-refractivity contribution >= 4 is 18.5 Å². The van der Waals surface area contributed by atoms with Crippen LogP contribution >= 0.6 is 12.6 Å². The van der Waals surface area contributed by atoms with Crippen LogP contribution in [0, 0.1) is 0 Å². The van der Waals surface area contributed by atoms with Crippen LogP contribution in [0.5, 0.6) is 0 Å². The summed E-state index contributed by atoms with van der Waals surface area (Å²) in [5.41, 5.74) is 0. The molecule has 2 nitrogen and oxygen atoms in total. The fraction of sp³-hybridized carbons (Fsp3) is 0.909. The SMILES string of the molecule is CCC(C)(S)C(=O)NC1CCCCC1. The molecule has 14 heavy (non-hydrogen) atoms. The second-order valence-electron chi connectivity index (χ2n) is 4.44. The van der Waals surface area contributed by atoms with Crippen LogP contribution in [0.4, 0.5) is 0 Å². The van der Waals surface area contributed by atoms with E-state index in [2.05, 4.69) is 17.9 Å². The predicted molar refractivity (Wildman–Crippen MR) is 62.7 cm³/mol. The molecule has 3 heteroatoms. The first-order valence-corrected chi connectivity index (χ1v) is 6.04. The molecule has 1 fully saturated rings. The molecule has 1 aliphatic carbocycles. The van der Waals surface area contributed by atoms with E-state index in [-0.39, 0.29) is 5.91 Å². The van der Waals surface area contributed by atoms with Gasteiger partial charge < -0.3 is 5.32 Å². The van der Waals surface area contributed by atoms with Crippen molar-refractivity contribution in [3.05, 3.63) is 0 Å². The van der Waals surface area contributed by atoms with E-state index in [1.54, 1.807) is 0 Å². The Hall–Kier alpha value is -0.180. The molecule has 1 amide bonds. The maximum Gasteiger partial charge on any atom is 0.235 e. The summed E-state index contributed by atoms with van der Waals surface area (Å²) in [4.78, 5) is 11.8. The molecule has 0 aromatic carbocycles. The molecule has 0 heterocycles. The molecule has 1 rings (SSSR count). The first kappa shape index (κ1) is 11.9. The summed E-state index contributed by atoms with van der Waals surface area (Å²) < 4.78 is -0.503. The predicted octanol–water partition coefficient (Wildman–Crippen LogP) is 2.53. The number of carbonyl (C=O) groups is 1. The Morgan fingerprint density at radius 1 is 1.43 bits per heavy atom. The molecule has 1 aliphatic rings. The molecule has 0 aromatic heterocycles. The Morgan fingerprint density at radius 3 is 2.50 bits per heavy atom. The lowest BCUT2D eigenvalue weighted by Crippen LogP contribution is -2.45. The van der Waals surface area contributed by atoms with Gasteiger partial charge in [0.2, 0.25) is 5.91 Å². The van der Waals surface area contributed by atoms with Crippen molar-refractivity contribution < 1.29 is 4.79 Å². The molecule has 1 atom stereocenters. The highest BCUT2D eigenvalue weighted by atomic mass is 32.1. The van der Waals surface area contributed by atoms with E-state index in [1.807, 2.05) is 13.8 Å². The van der Waals surface area contributed by atoms with Gasteiger partial charge in [-0.05, 0) is 26.2 Å². The van der Waals surface area contributed by atoms with Crippen molar-refractivity contribution in [3.63, 3.8) is 0 Å². The molecule has 0 saturated heterocycles. The summed E-state index contributed by atoms with van der Waals surface area (Å²) in [5.74, 6) is 0.0928. The third-order valence-electron chi connectivity index (χ3n) is 3.12. The van der Waals surface area contributed by atoms with Crippen LogP contribution in [0.25, 0.3) is 0 Å². The first-order chi connectivity index (χ1) is 6.56. The standard InChI is InChI=1S/C11H21NOS/c1-3-11(2,14)10(13)12-9-7-5-4-6-8-9/h9,14H,3-8H2,1-2H3,(H,12,13). The third-order valence-corrected chi connectivity index (χ3v) is 3.64. The summed E-state index contributed by atoms with van der Waals surface area (Å²) in [5, 5.41) is 3.09. The number of nitrogens with one attached hydrogen (secondary N) is 1. The van der Waals surface area contributed by atoms with Gasteiger partial charge in [-0.15, -0.1) is 0 Å². The number of hydrogen-bond donors (Lipinski definition) is 2. The van der Waals surface area contributed by atoms with Gasteiger partial charge in [0.15, 0.2) is 0 Å². The molecule has 1 unspecified atom stereocenters. The largest absolute Gasteiger partial charge is 0.352 e. The maximum atomic E-state index is 11.8. The fourth-order valence-corrected chi connectivity index (χ4v) is 1.81. The van der Waals surface area contributed by atoms with Crippen molar-refractivity contribution in [1.82, 2.24) is 5.32 Å². The minimum absolute atomic E-state index is 0.0928. The van der Waals surface area contributed by atoms with Gasteiger partial charge in [-0.2, -0.15) is 12.6 Å². The van der Waals surface area contributed by atoms with E-state index in [0.29, 0.717) is 6.04 Å². The molecule has 1 saturated carbocycles. The van der Waals surface area contributed by atoms with Crippen molar-refractivity contribution in [2.75, 3.05) is 0 Å².